The van der Waals surface area contributed by atoms with Crippen molar-refractivity contribution in [1.82, 2.24) is 0 Å². The summed E-state index contributed by atoms with van der Waals surface area (Å²) < 4.78 is 1.02. The molecule has 0 radical (unpaired) electrons. The lowest BCUT2D eigenvalue weighted by atomic mass is 9.77. The van der Waals surface area contributed by atoms with E-state index in [9.17, 15) is 0 Å². The van der Waals surface area contributed by atoms with Gasteiger partial charge in [0.15, 0.2) is 5.57 Å². The third-order valence-corrected chi connectivity index (χ3v) is 8.23. The van der Waals surface area contributed by atoms with Crippen LogP contribution < -0.4 is 0 Å². The van der Waals surface area contributed by atoms with E-state index in [2.05, 4.69) is 45.2 Å². The second-order valence-electron chi connectivity index (χ2n) is 6.55. The number of thioether (sulfide) groups is 1. The number of hydrogen-bond acceptors (Lipinski definition) is 3. The van der Waals surface area contributed by atoms with Gasteiger partial charge in [-0.25, -0.2) is 0 Å². The molecule has 1 heterocycles. The molecule has 3 unspecified atom stereocenters. The minimum absolute atomic E-state index is 0.0592. The molecule has 0 N–H and O–H groups in total. The van der Waals surface area contributed by atoms with Gasteiger partial charge in [-0.15, -0.1) is 0 Å². The van der Waals surface area contributed by atoms with Crippen molar-refractivity contribution >= 4 is 22.7 Å². The summed E-state index contributed by atoms with van der Waals surface area (Å²) in [6.07, 6.45) is 8.00. The fraction of sp³-hybridized carbons (Fsp3) is 0.625. The predicted molar refractivity (Wildman–Crippen MR) is 87.8 cm³/mol. The molecule has 1 aliphatic carbocycles. The molecule has 2 aliphatic rings. The first-order chi connectivity index (χ1) is 9.36. The summed E-state index contributed by atoms with van der Waals surface area (Å²) in [7, 11) is -0.0592. The van der Waals surface area contributed by atoms with Crippen LogP contribution in [0, 0.1) is 34.0 Å². The van der Waals surface area contributed by atoms with Gasteiger partial charge in [-0.05, 0) is 30.3 Å². The van der Waals surface area contributed by atoms with Crippen LogP contribution in [0.4, 0.5) is 0 Å². The van der Waals surface area contributed by atoms with Crippen molar-refractivity contribution in [2.75, 3.05) is 6.26 Å². The van der Waals surface area contributed by atoms with Crippen LogP contribution in [0.15, 0.2) is 20.8 Å². The Labute approximate surface area is 129 Å². The minimum atomic E-state index is -0.0592. The zero-order valence-electron chi connectivity index (χ0n) is 12.6. The molecule has 0 aromatic rings. The summed E-state index contributed by atoms with van der Waals surface area (Å²) in [5, 5.41) is 18.8. The molecule has 2 bridgehead atoms. The molecule has 2 rings (SSSR count). The zero-order chi connectivity index (χ0) is 14.9. The molecule has 4 heteroatoms. The lowest BCUT2D eigenvalue weighted by Crippen LogP contribution is -2.24. The minimum Gasteiger partial charge on any atom is -0.191 e. The van der Waals surface area contributed by atoms with Gasteiger partial charge < -0.3 is 0 Å². The van der Waals surface area contributed by atoms with Gasteiger partial charge >= 0.3 is 0 Å². The SMILES string of the molecule is C[S+]1C2=CCC(C(C)(C)C)CC(C2)SC1=C(C#N)C#N. The monoisotopic (exact) mass is 305 g/mol. The number of nitrogens with zero attached hydrogens (tertiary/aromatic N) is 2. The largest absolute Gasteiger partial charge is 0.222 e. The number of fused-ring (bicyclic) bond motifs is 2. The highest BCUT2D eigenvalue weighted by atomic mass is 32.2. The van der Waals surface area contributed by atoms with Crippen LogP contribution in [0.2, 0.25) is 0 Å². The number of nitriles is 2. The molecular weight excluding hydrogens is 284 g/mol. The van der Waals surface area contributed by atoms with E-state index in [0.717, 1.165) is 17.1 Å². The van der Waals surface area contributed by atoms with Gasteiger partial charge in [0.25, 0.3) is 0 Å². The van der Waals surface area contributed by atoms with Crippen molar-refractivity contribution in [1.29, 1.82) is 10.5 Å². The van der Waals surface area contributed by atoms with Crippen molar-refractivity contribution < 1.29 is 0 Å². The fourth-order valence-corrected chi connectivity index (χ4v) is 6.74. The number of allylic oxidation sites excluding steroid dienone is 3. The van der Waals surface area contributed by atoms with E-state index in [-0.39, 0.29) is 10.9 Å². The third kappa shape index (κ3) is 3.08. The van der Waals surface area contributed by atoms with Gasteiger partial charge in [-0.3, -0.25) is 0 Å². The quantitative estimate of drug-likeness (QED) is 0.494. The summed E-state index contributed by atoms with van der Waals surface area (Å²) in [6.45, 7) is 6.94. The van der Waals surface area contributed by atoms with E-state index in [0.29, 0.717) is 22.2 Å². The second-order valence-corrected chi connectivity index (χ2v) is 10.1. The Bertz CT molecular complexity index is 524. The molecule has 3 atom stereocenters. The molecule has 1 aliphatic heterocycles. The molecular formula is C16H21N2S2+. The molecule has 0 spiro atoms. The van der Waals surface area contributed by atoms with Gasteiger partial charge in [0.2, 0.25) is 4.24 Å². The van der Waals surface area contributed by atoms with Crippen LogP contribution in [0.25, 0.3) is 0 Å². The van der Waals surface area contributed by atoms with Crippen molar-refractivity contribution in [3.05, 3.63) is 20.8 Å². The van der Waals surface area contributed by atoms with E-state index in [1.807, 2.05) is 0 Å². The van der Waals surface area contributed by atoms with Crippen molar-refractivity contribution in [3.63, 3.8) is 0 Å². The molecule has 1 fully saturated rings. The summed E-state index contributed by atoms with van der Waals surface area (Å²) in [4.78, 5) is 1.46. The summed E-state index contributed by atoms with van der Waals surface area (Å²) in [6, 6.07) is 4.16. The topological polar surface area (TPSA) is 47.6 Å². The van der Waals surface area contributed by atoms with E-state index >= 15 is 0 Å². The van der Waals surface area contributed by atoms with E-state index in [1.54, 1.807) is 11.8 Å². The van der Waals surface area contributed by atoms with Crippen molar-refractivity contribution in [2.24, 2.45) is 11.3 Å². The van der Waals surface area contributed by atoms with Crippen LogP contribution in [0.3, 0.4) is 0 Å². The summed E-state index contributed by atoms with van der Waals surface area (Å²) in [5.74, 6) is 0.682. The van der Waals surface area contributed by atoms with Gasteiger partial charge in [-0.1, -0.05) is 32.5 Å². The Balaban J connectivity index is 2.35. The Morgan fingerprint density at radius 1 is 1.35 bits per heavy atom. The Morgan fingerprint density at radius 3 is 2.55 bits per heavy atom. The lowest BCUT2D eigenvalue weighted by Gasteiger charge is -2.31. The van der Waals surface area contributed by atoms with E-state index in [1.165, 1.54) is 11.3 Å². The second kappa shape index (κ2) is 5.88. The van der Waals surface area contributed by atoms with E-state index < -0.39 is 0 Å². The van der Waals surface area contributed by atoms with Gasteiger partial charge in [0.1, 0.15) is 23.3 Å². The highest BCUT2D eigenvalue weighted by Crippen LogP contribution is 2.49. The van der Waals surface area contributed by atoms with Crippen molar-refractivity contribution in [3.8, 4) is 12.1 Å². The smallest absolute Gasteiger partial charge is 0.191 e. The predicted octanol–water partition coefficient (Wildman–Crippen LogP) is 4.34. The molecule has 0 aromatic heterocycles. The lowest BCUT2D eigenvalue weighted by molar-refractivity contribution is 0.229. The molecule has 20 heavy (non-hydrogen) atoms. The standard InChI is InChI=1S/C16H21N2S2/c1-16(2,3)12-5-6-14-8-13(7-12)19-15(20(14)4)11(9-17)10-18/h6,12-13H,5,7-8H2,1-4H3/q+1. The molecule has 0 saturated carbocycles. The van der Waals surface area contributed by atoms with E-state index in [4.69, 9.17) is 10.5 Å². The third-order valence-electron chi connectivity index (χ3n) is 4.20. The maximum Gasteiger partial charge on any atom is 0.222 e. The first kappa shape index (κ1) is 15.5. The van der Waals surface area contributed by atoms with Gasteiger partial charge in [-0.2, -0.15) is 10.5 Å². The number of rotatable bonds is 0. The zero-order valence-corrected chi connectivity index (χ0v) is 14.2. The first-order valence-electron chi connectivity index (χ1n) is 6.93. The Morgan fingerprint density at radius 2 is 2.00 bits per heavy atom. The molecule has 0 aromatic carbocycles. The first-order valence-corrected chi connectivity index (χ1v) is 9.44. The fourth-order valence-electron chi connectivity index (χ4n) is 2.80. The Kier molecular flexibility index (Phi) is 4.57. The summed E-state index contributed by atoms with van der Waals surface area (Å²) >= 11 is 1.79. The van der Waals surface area contributed by atoms with Crippen LogP contribution in [-0.2, 0) is 10.9 Å². The average molecular weight is 305 g/mol. The highest BCUT2D eigenvalue weighted by Gasteiger charge is 2.42. The van der Waals surface area contributed by atoms with Gasteiger partial charge in [0, 0.05) is 11.7 Å². The number of hydrogen-bond donors (Lipinski definition) is 0. The summed E-state index contributed by atoms with van der Waals surface area (Å²) in [5.41, 5.74) is 0.643. The average Bonchev–Trinajstić information content (AvgIpc) is 2.56. The maximum atomic E-state index is 9.15. The van der Waals surface area contributed by atoms with Crippen LogP contribution >= 0.6 is 11.8 Å². The molecule has 106 valence electrons. The Hall–Kier alpha value is -0.840. The van der Waals surface area contributed by atoms with Crippen LogP contribution in [0.5, 0.6) is 0 Å². The van der Waals surface area contributed by atoms with Crippen molar-refractivity contribution in [2.45, 2.75) is 45.3 Å². The van der Waals surface area contributed by atoms with Crippen LogP contribution in [-0.4, -0.2) is 11.5 Å². The van der Waals surface area contributed by atoms with Crippen LogP contribution in [0.1, 0.15) is 40.0 Å². The van der Waals surface area contributed by atoms with Gasteiger partial charge in [0.05, 0.1) is 10.9 Å². The molecule has 1 saturated heterocycles. The highest BCUT2D eigenvalue weighted by molar-refractivity contribution is 8.23. The maximum absolute atomic E-state index is 9.15. The normalized spacial score (nSPS) is 29.8. The molecule has 2 nitrogen and oxygen atoms in total. The molecule has 0 amide bonds.